The Morgan fingerprint density at radius 2 is 1.21 bits per heavy atom. The molecule has 1 nitrogen and oxygen atoms in total. The van der Waals surface area contributed by atoms with E-state index in [0.29, 0.717) is 0 Å². The van der Waals surface area contributed by atoms with Crippen LogP contribution in [0.2, 0.25) is 0 Å². The first-order valence-corrected chi connectivity index (χ1v) is 8.94. The van der Waals surface area contributed by atoms with Crippen LogP contribution in [0.5, 0.6) is 0 Å². The molecule has 1 heteroatoms. The van der Waals surface area contributed by atoms with Crippen molar-refractivity contribution in [3.63, 3.8) is 0 Å². The lowest BCUT2D eigenvalue weighted by molar-refractivity contribution is 0.400. The fourth-order valence-corrected chi connectivity index (χ4v) is 2.56. The molecule has 0 heterocycles. The third kappa shape index (κ3) is 14.2. The summed E-state index contributed by atoms with van der Waals surface area (Å²) in [5.41, 5.74) is 0. The molecule has 116 valence electrons. The van der Waals surface area contributed by atoms with Gasteiger partial charge in [-0.15, -0.1) is 0 Å². The van der Waals surface area contributed by atoms with Crippen LogP contribution in [0.15, 0.2) is 0 Å². The SMILES string of the molecule is CCCCCCCC(CCCCC)NCCC(C)C. The van der Waals surface area contributed by atoms with Gasteiger partial charge in [0.15, 0.2) is 0 Å². The highest BCUT2D eigenvalue weighted by Crippen LogP contribution is 2.13. The van der Waals surface area contributed by atoms with E-state index in [-0.39, 0.29) is 0 Å². The van der Waals surface area contributed by atoms with Crippen molar-refractivity contribution in [2.24, 2.45) is 5.92 Å². The Bertz CT molecular complexity index is 165. The van der Waals surface area contributed by atoms with Gasteiger partial charge in [-0.3, -0.25) is 0 Å². The van der Waals surface area contributed by atoms with E-state index in [1.165, 1.54) is 77.2 Å². The highest BCUT2D eigenvalue weighted by atomic mass is 14.9. The minimum Gasteiger partial charge on any atom is -0.314 e. The average molecular weight is 270 g/mol. The van der Waals surface area contributed by atoms with E-state index in [0.717, 1.165) is 12.0 Å². The summed E-state index contributed by atoms with van der Waals surface area (Å²) >= 11 is 0. The van der Waals surface area contributed by atoms with E-state index in [2.05, 4.69) is 33.0 Å². The maximum atomic E-state index is 3.80. The second-order valence-corrected chi connectivity index (χ2v) is 6.53. The Kier molecular flexibility index (Phi) is 14.3. The van der Waals surface area contributed by atoms with Crippen LogP contribution >= 0.6 is 0 Å². The second kappa shape index (κ2) is 14.4. The van der Waals surface area contributed by atoms with Crippen molar-refractivity contribution in [3.05, 3.63) is 0 Å². The third-order valence-corrected chi connectivity index (χ3v) is 3.97. The highest BCUT2D eigenvalue weighted by Gasteiger charge is 2.07. The zero-order chi connectivity index (χ0) is 14.3. The van der Waals surface area contributed by atoms with Gasteiger partial charge in [-0.25, -0.2) is 0 Å². The van der Waals surface area contributed by atoms with Crippen LogP contribution in [0.25, 0.3) is 0 Å². The summed E-state index contributed by atoms with van der Waals surface area (Å²) in [5, 5.41) is 3.80. The molecule has 1 atom stereocenters. The van der Waals surface area contributed by atoms with Gasteiger partial charge in [-0.05, 0) is 31.7 Å². The quantitative estimate of drug-likeness (QED) is 0.385. The molecule has 0 bridgehead atoms. The molecular weight excluding hydrogens is 230 g/mol. The zero-order valence-electron chi connectivity index (χ0n) is 14.1. The van der Waals surface area contributed by atoms with Gasteiger partial charge < -0.3 is 5.32 Å². The third-order valence-electron chi connectivity index (χ3n) is 3.97. The van der Waals surface area contributed by atoms with Gasteiger partial charge in [-0.2, -0.15) is 0 Å². The Morgan fingerprint density at radius 1 is 0.684 bits per heavy atom. The Labute approximate surface area is 122 Å². The number of hydrogen-bond donors (Lipinski definition) is 1. The lowest BCUT2D eigenvalue weighted by Gasteiger charge is -2.19. The van der Waals surface area contributed by atoms with Crippen molar-refractivity contribution < 1.29 is 0 Å². The van der Waals surface area contributed by atoms with Crippen molar-refractivity contribution in [1.29, 1.82) is 0 Å². The summed E-state index contributed by atoms with van der Waals surface area (Å²) in [4.78, 5) is 0. The van der Waals surface area contributed by atoms with Crippen LogP contribution in [0.1, 0.15) is 98.3 Å². The Morgan fingerprint density at radius 3 is 1.79 bits per heavy atom. The molecular formula is C18H39N. The minimum absolute atomic E-state index is 0.784. The molecule has 0 aliphatic heterocycles. The number of unbranched alkanes of at least 4 members (excludes halogenated alkanes) is 6. The Hall–Kier alpha value is -0.0400. The summed E-state index contributed by atoms with van der Waals surface area (Å²) in [5.74, 6) is 0.827. The molecule has 0 spiro atoms. The van der Waals surface area contributed by atoms with Gasteiger partial charge in [0, 0.05) is 6.04 Å². The first-order chi connectivity index (χ1) is 9.20. The van der Waals surface area contributed by atoms with E-state index in [1.54, 1.807) is 0 Å². The van der Waals surface area contributed by atoms with Gasteiger partial charge in [0.2, 0.25) is 0 Å². The number of rotatable bonds is 14. The van der Waals surface area contributed by atoms with E-state index < -0.39 is 0 Å². The van der Waals surface area contributed by atoms with Crippen LogP contribution in [0.4, 0.5) is 0 Å². The van der Waals surface area contributed by atoms with Gasteiger partial charge in [-0.1, -0.05) is 79.1 Å². The number of hydrogen-bond acceptors (Lipinski definition) is 1. The van der Waals surface area contributed by atoms with E-state index in [9.17, 15) is 0 Å². The molecule has 0 aliphatic rings. The molecule has 0 aromatic carbocycles. The van der Waals surface area contributed by atoms with Crippen molar-refractivity contribution in [2.45, 2.75) is 104 Å². The maximum absolute atomic E-state index is 3.80. The fourth-order valence-electron chi connectivity index (χ4n) is 2.56. The van der Waals surface area contributed by atoms with Crippen molar-refractivity contribution in [1.82, 2.24) is 5.32 Å². The smallest absolute Gasteiger partial charge is 0.00670 e. The molecule has 0 saturated carbocycles. The molecule has 0 saturated heterocycles. The summed E-state index contributed by atoms with van der Waals surface area (Å²) in [6.07, 6.45) is 15.3. The lowest BCUT2D eigenvalue weighted by Crippen LogP contribution is -2.30. The predicted octanol–water partition coefficient (Wildman–Crippen LogP) is 5.93. The molecule has 1 N–H and O–H groups in total. The largest absolute Gasteiger partial charge is 0.314 e. The van der Waals surface area contributed by atoms with Crippen molar-refractivity contribution >= 4 is 0 Å². The fraction of sp³-hybridized carbons (Fsp3) is 1.00. The zero-order valence-corrected chi connectivity index (χ0v) is 14.1. The molecule has 0 rings (SSSR count). The van der Waals surface area contributed by atoms with Gasteiger partial charge in [0.1, 0.15) is 0 Å². The topological polar surface area (TPSA) is 12.0 Å². The van der Waals surface area contributed by atoms with Gasteiger partial charge >= 0.3 is 0 Å². The standard InChI is InChI=1S/C18H39N/c1-5-7-9-10-12-14-18(13-11-8-6-2)19-16-15-17(3)4/h17-19H,5-16H2,1-4H3. The molecule has 0 fully saturated rings. The minimum atomic E-state index is 0.784. The van der Waals surface area contributed by atoms with Crippen LogP contribution in [0, 0.1) is 5.92 Å². The van der Waals surface area contributed by atoms with Gasteiger partial charge in [0.05, 0.1) is 0 Å². The predicted molar refractivity (Wildman–Crippen MR) is 88.8 cm³/mol. The molecule has 1 unspecified atom stereocenters. The summed E-state index contributed by atoms with van der Waals surface area (Å²) in [7, 11) is 0. The normalized spacial score (nSPS) is 13.1. The summed E-state index contributed by atoms with van der Waals surface area (Å²) < 4.78 is 0. The molecule has 0 aliphatic carbocycles. The molecule has 19 heavy (non-hydrogen) atoms. The van der Waals surface area contributed by atoms with E-state index in [1.807, 2.05) is 0 Å². The summed E-state index contributed by atoms with van der Waals surface area (Å²) in [6, 6.07) is 0.784. The van der Waals surface area contributed by atoms with E-state index in [4.69, 9.17) is 0 Å². The monoisotopic (exact) mass is 269 g/mol. The first-order valence-electron chi connectivity index (χ1n) is 8.94. The van der Waals surface area contributed by atoms with Gasteiger partial charge in [0.25, 0.3) is 0 Å². The molecule has 0 aromatic heterocycles. The Balaban J connectivity index is 3.69. The number of nitrogens with one attached hydrogen (secondary N) is 1. The molecule has 0 aromatic rings. The lowest BCUT2D eigenvalue weighted by atomic mass is 10.0. The highest BCUT2D eigenvalue weighted by molar-refractivity contribution is 4.68. The van der Waals surface area contributed by atoms with Crippen molar-refractivity contribution in [3.8, 4) is 0 Å². The molecule has 0 radical (unpaired) electrons. The molecule has 0 amide bonds. The average Bonchev–Trinajstić information content (AvgIpc) is 2.37. The van der Waals surface area contributed by atoms with Crippen molar-refractivity contribution in [2.75, 3.05) is 6.54 Å². The first kappa shape index (κ1) is 19.0. The summed E-state index contributed by atoms with van der Waals surface area (Å²) in [6.45, 7) is 10.4. The van der Waals surface area contributed by atoms with E-state index >= 15 is 0 Å². The van der Waals surface area contributed by atoms with Crippen LogP contribution in [-0.2, 0) is 0 Å². The van der Waals surface area contributed by atoms with Crippen LogP contribution in [0.3, 0.4) is 0 Å². The maximum Gasteiger partial charge on any atom is 0.00670 e. The second-order valence-electron chi connectivity index (χ2n) is 6.53. The van der Waals surface area contributed by atoms with Crippen LogP contribution in [-0.4, -0.2) is 12.6 Å². The van der Waals surface area contributed by atoms with Crippen LogP contribution < -0.4 is 5.32 Å².